The summed E-state index contributed by atoms with van der Waals surface area (Å²) < 4.78 is 1.28. The molecule has 11 nitrogen and oxygen atoms in total. The maximum Gasteiger partial charge on any atom is 0.264 e. The molecule has 1 saturated heterocycles. The van der Waals surface area contributed by atoms with E-state index in [-0.39, 0.29) is 36.4 Å². The maximum absolute atomic E-state index is 13.7. The Morgan fingerprint density at radius 2 is 1.87 bits per heavy atom. The number of aromatic nitrogens is 2. The molecule has 3 aromatic carbocycles. The van der Waals surface area contributed by atoms with Crippen LogP contribution in [0.15, 0.2) is 76.6 Å². The third kappa shape index (κ3) is 4.98. The second-order valence-electron chi connectivity index (χ2n) is 9.09. The molecule has 1 aliphatic heterocycles. The van der Waals surface area contributed by atoms with E-state index in [9.17, 15) is 19.2 Å². The Kier molecular flexibility index (Phi) is 6.90. The van der Waals surface area contributed by atoms with Crippen molar-refractivity contribution in [1.29, 1.82) is 0 Å². The minimum absolute atomic E-state index is 0.113. The molecule has 1 atom stereocenters. The molecule has 2 heterocycles. The highest BCUT2D eigenvalue weighted by Gasteiger charge is 2.31. The van der Waals surface area contributed by atoms with Gasteiger partial charge in [0.05, 0.1) is 23.1 Å². The van der Waals surface area contributed by atoms with E-state index in [0.717, 1.165) is 11.1 Å². The molecule has 5 rings (SSSR count). The molecule has 4 aromatic rings. The van der Waals surface area contributed by atoms with Gasteiger partial charge in [0.2, 0.25) is 11.8 Å². The van der Waals surface area contributed by atoms with Gasteiger partial charge in [-0.25, -0.2) is 4.98 Å². The number of piperidine rings is 1. The van der Waals surface area contributed by atoms with Crippen molar-refractivity contribution in [3.05, 3.63) is 104 Å². The molecule has 39 heavy (non-hydrogen) atoms. The van der Waals surface area contributed by atoms with Crippen LogP contribution in [0.1, 0.15) is 40.6 Å². The summed E-state index contributed by atoms with van der Waals surface area (Å²) >= 11 is 0. The predicted molar refractivity (Wildman–Crippen MR) is 145 cm³/mol. The van der Waals surface area contributed by atoms with Gasteiger partial charge in [-0.15, -0.1) is 0 Å². The predicted octanol–water partition coefficient (Wildman–Crippen LogP) is 4.41. The number of carbonyl (C=O) groups is 3. The van der Waals surface area contributed by atoms with Crippen LogP contribution in [0, 0.1) is 6.92 Å². The number of carbonyl (C=O) groups excluding carboxylic acids is 3. The van der Waals surface area contributed by atoms with Crippen molar-refractivity contribution in [2.45, 2.75) is 32.4 Å². The topological polar surface area (TPSA) is 159 Å². The average molecular weight is 522 g/mol. The molecule has 1 aromatic heterocycles. The van der Waals surface area contributed by atoms with E-state index in [1.165, 1.54) is 4.57 Å². The molecule has 2 N–H and O–H groups in total. The van der Waals surface area contributed by atoms with Gasteiger partial charge in [-0.3, -0.25) is 29.1 Å². The Bertz CT molecular complexity index is 1740. The molecule has 1 unspecified atom stereocenters. The number of fused-ring (bicyclic) bond motifs is 1. The van der Waals surface area contributed by atoms with E-state index in [0.29, 0.717) is 22.5 Å². The van der Waals surface area contributed by atoms with E-state index in [2.05, 4.69) is 25.6 Å². The first-order valence-electron chi connectivity index (χ1n) is 12.2. The van der Waals surface area contributed by atoms with Crippen LogP contribution in [0.5, 0.6) is 0 Å². The van der Waals surface area contributed by atoms with Gasteiger partial charge < -0.3 is 5.32 Å². The third-order valence-electron chi connectivity index (χ3n) is 6.63. The normalized spacial score (nSPS) is 14.9. The summed E-state index contributed by atoms with van der Waals surface area (Å²) in [6.45, 7) is 1.86. The van der Waals surface area contributed by atoms with Crippen LogP contribution in [0.4, 0.5) is 5.69 Å². The summed E-state index contributed by atoms with van der Waals surface area (Å²) in [6.07, 6.45) is 0.296. The van der Waals surface area contributed by atoms with Crippen LogP contribution in [-0.2, 0) is 16.1 Å². The molecular formula is C28H23N7O4. The van der Waals surface area contributed by atoms with Crippen molar-refractivity contribution >= 4 is 34.3 Å². The highest BCUT2D eigenvalue weighted by Crippen LogP contribution is 2.27. The number of benzene rings is 3. The molecule has 11 heteroatoms. The summed E-state index contributed by atoms with van der Waals surface area (Å²) in [5.74, 6) is -1.03. The lowest BCUT2D eigenvalue weighted by atomic mass is 9.98. The first-order valence-corrected chi connectivity index (χ1v) is 12.2. The average Bonchev–Trinajstić information content (AvgIpc) is 2.93. The molecule has 0 radical (unpaired) electrons. The van der Waals surface area contributed by atoms with Crippen LogP contribution < -0.4 is 16.2 Å². The summed E-state index contributed by atoms with van der Waals surface area (Å²) in [5.41, 5.74) is 11.4. The molecule has 0 saturated carbocycles. The zero-order valence-electron chi connectivity index (χ0n) is 20.9. The standard InChI is InChI=1S/C28H23N7O4/c1-16-31-21-7-4-8-22(25(21)28(39)35(16)23-13-14-24(36)33-27(23)38)32-26(37)20-6-3-2-5-19(20)18-11-9-17(10-12-18)15-30-34-29/h2-12,23H,13-15H2,1H3,(H,32,37)(H,33,36,38). The highest BCUT2D eigenvalue weighted by molar-refractivity contribution is 6.11. The molecule has 3 amide bonds. The Balaban J connectivity index is 1.52. The summed E-state index contributed by atoms with van der Waals surface area (Å²) in [6, 6.07) is 18.5. The number of imide groups is 1. The second kappa shape index (κ2) is 10.6. The fraction of sp³-hybridized carbons (Fsp3) is 0.179. The number of aryl methyl sites for hydroxylation is 1. The number of hydrogen-bond acceptors (Lipinski definition) is 6. The number of rotatable bonds is 6. The summed E-state index contributed by atoms with van der Waals surface area (Å²) in [5, 5.41) is 8.87. The van der Waals surface area contributed by atoms with Crippen molar-refractivity contribution < 1.29 is 14.4 Å². The van der Waals surface area contributed by atoms with Crippen LogP contribution >= 0.6 is 0 Å². The van der Waals surface area contributed by atoms with Gasteiger partial charge in [-0.05, 0) is 53.8 Å². The highest BCUT2D eigenvalue weighted by atomic mass is 16.2. The van der Waals surface area contributed by atoms with Crippen molar-refractivity contribution in [3.8, 4) is 11.1 Å². The SMILES string of the molecule is Cc1nc2cccc(NC(=O)c3ccccc3-c3ccc(CN=[N+]=[N-])cc3)c2c(=O)n1C1CCC(=O)NC1=O. The number of nitrogens with one attached hydrogen (secondary N) is 2. The molecule has 0 aliphatic carbocycles. The van der Waals surface area contributed by atoms with E-state index in [1.54, 1.807) is 37.3 Å². The number of nitrogens with zero attached hydrogens (tertiary/aromatic N) is 5. The monoisotopic (exact) mass is 521 g/mol. The van der Waals surface area contributed by atoms with Crippen molar-refractivity contribution in [3.63, 3.8) is 0 Å². The summed E-state index contributed by atoms with van der Waals surface area (Å²) in [7, 11) is 0. The number of azide groups is 1. The van der Waals surface area contributed by atoms with E-state index < -0.39 is 23.4 Å². The van der Waals surface area contributed by atoms with Gasteiger partial charge >= 0.3 is 0 Å². The Hall–Kier alpha value is -5.28. The van der Waals surface area contributed by atoms with Crippen LogP contribution in [0.2, 0.25) is 0 Å². The fourth-order valence-electron chi connectivity index (χ4n) is 4.78. The number of hydrogen-bond donors (Lipinski definition) is 2. The van der Waals surface area contributed by atoms with Gasteiger partial charge in [0, 0.05) is 16.9 Å². The summed E-state index contributed by atoms with van der Waals surface area (Å²) in [4.78, 5) is 58.7. The van der Waals surface area contributed by atoms with Crippen molar-refractivity contribution in [2.75, 3.05) is 5.32 Å². The van der Waals surface area contributed by atoms with E-state index >= 15 is 0 Å². The number of amides is 3. The van der Waals surface area contributed by atoms with Gasteiger partial charge in [-0.1, -0.05) is 53.6 Å². The van der Waals surface area contributed by atoms with Crippen LogP contribution in [0.3, 0.4) is 0 Å². The maximum atomic E-state index is 13.7. The fourth-order valence-corrected chi connectivity index (χ4v) is 4.78. The second-order valence-corrected chi connectivity index (χ2v) is 9.09. The van der Waals surface area contributed by atoms with E-state index in [4.69, 9.17) is 5.53 Å². The first-order chi connectivity index (χ1) is 18.9. The van der Waals surface area contributed by atoms with Gasteiger partial charge in [0.25, 0.3) is 11.5 Å². The molecule has 0 bridgehead atoms. The Morgan fingerprint density at radius 3 is 2.62 bits per heavy atom. The third-order valence-corrected chi connectivity index (χ3v) is 6.63. The molecule has 194 valence electrons. The van der Waals surface area contributed by atoms with Crippen molar-refractivity contribution in [2.24, 2.45) is 5.11 Å². The molecule has 0 spiro atoms. The number of anilines is 1. The molecular weight excluding hydrogens is 498 g/mol. The minimum atomic E-state index is -0.876. The van der Waals surface area contributed by atoms with Crippen molar-refractivity contribution in [1.82, 2.24) is 14.9 Å². The lowest BCUT2D eigenvalue weighted by Gasteiger charge is -2.24. The Labute approximate surface area is 222 Å². The Morgan fingerprint density at radius 1 is 1.10 bits per heavy atom. The lowest BCUT2D eigenvalue weighted by molar-refractivity contribution is -0.135. The smallest absolute Gasteiger partial charge is 0.264 e. The van der Waals surface area contributed by atoms with Crippen LogP contribution in [-0.4, -0.2) is 27.3 Å². The van der Waals surface area contributed by atoms with Gasteiger partial charge in [0.15, 0.2) is 0 Å². The van der Waals surface area contributed by atoms with Gasteiger partial charge in [-0.2, -0.15) is 0 Å². The zero-order valence-corrected chi connectivity index (χ0v) is 20.9. The lowest BCUT2D eigenvalue weighted by Crippen LogP contribution is -2.45. The first kappa shape index (κ1) is 25.4. The minimum Gasteiger partial charge on any atom is -0.321 e. The molecule has 1 aliphatic rings. The largest absolute Gasteiger partial charge is 0.321 e. The molecule has 1 fully saturated rings. The van der Waals surface area contributed by atoms with Gasteiger partial charge in [0.1, 0.15) is 11.9 Å². The van der Waals surface area contributed by atoms with E-state index in [1.807, 2.05) is 36.4 Å². The van der Waals surface area contributed by atoms with Crippen LogP contribution in [0.25, 0.3) is 32.5 Å². The zero-order chi connectivity index (χ0) is 27.5. The quantitative estimate of drug-likeness (QED) is 0.166.